The molecule has 0 saturated carbocycles. The summed E-state index contributed by atoms with van der Waals surface area (Å²) in [4.78, 5) is 16.6. The van der Waals surface area contributed by atoms with Crippen LogP contribution in [0.2, 0.25) is 0 Å². The van der Waals surface area contributed by atoms with Crippen molar-refractivity contribution < 1.29 is 9.32 Å². The van der Waals surface area contributed by atoms with Crippen molar-refractivity contribution in [1.82, 2.24) is 10.1 Å². The first kappa shape index (κ1) is 16.2. The van der Waals surface area contributed by atoms with Crippen LogP contribution in [0.3, 0.4) is 0 Å². The maximum atomic E-state index is 12.1. The van der Waals surface area contributed by atoms with Gasteiger partial charge in [0.15, 0.2) is 0 Å². The molecule has 1 aromatic carbocycles. The van der Waals surface area contributed by atoms with Crippen molar-refractivity contribution in [2.45, 2.75) is 26.8 Å². The predicted molar refractivity (Wildman–Crippen MR) is 95.2 cm³/mol. The zero-order valence-corrected chi connectivity index (χ0v) is 14.5. The number of thiazole rings is 1. The SMILES string of the molecule is Cc1cc(NC(=O)[C@@H](C)Nc2ccc(-c3csc(C)n3)cc2)on1. The van der Waals surface area contributed by atoms with Gasteiger partial charge in [-0.3, -0.25) is 10.1 Å². The van der Waals surface area contributed by atoms with Crippen LogP contribution in [0.5, 0.6) is 0 Å². The fourth-order valence-corrected chi connectivity index (χ4v) is 2.82. The van der Waals surface area contributed by atoms with E-state index >= 15 is 0 Å². The van der Waals surface area contributed by atoms with Gasteiger partial charge in [0.25, 0.3) is 0 Å². The van der Waals surface area contributed by atoms with Crippen LogP contribution in [0.25, 0.3) is 11.3 Å². The first-order valence-electron chi connectivity index (χ1n) is 7.54. The Kier molecular flexibility index (Phi) is 4.61. The molecule has 0 bridgehead atoms. The maximum Gasteiger partial charge on any atom is 0.248 e. The molecule has 0 unspecified atom stereocenters. The lowest BCUT2D eigenvalue weighted by Crippen LogP contribution is -2.31. The topological polar surface area (TPSA) is 80.0 Å². The Labute approximate surface area is 143 Å². The molecule has 0 fully saturated rings. The van der Waals surface area contributed by atoms with Gasteiger partial charge in [-0.05, 0) is 32.9 Å². The Morgan fingerprint density at radius 3 is 2.58 bits per heavy atom. The summed E-state index contributed by atoms with van der Waals surface area (Å²) in [5.41, 5.74) is 3.61. The van der Waals surface area contributed by atoms with E-state index in [1.165, 1.54) is 0 Å². The molecule has 2 heterocycles. The van der Waals surface area contributed by atoms with Gasteiger partial charge in [0.05, 0.1) is 16.4 Å². The van der Waals surface area contributed by atoms with Gasteiger partial charge >= 0.3 is 0 Å². The van der Waals surface area contributed by atoms with Crippen LogP contribution in [-0.2, 0) is 4.79 Å². The number of anilines is 2. The number of aryl methyl sites for hydroxylation is 2. The molecule has 6 nitrogen and oxygen atoms in total. The molecular weight excluding hydrogens is 324 g/mol. The molecule has 0 aliphatic carbocycles. The number of benzene rings is 1. The lowest BCUT2D eigenvalue weighted by Gasteiger charge is -2.14. The zero-order valence-electron chi connectivity index (χ0n) is 13.7. The number of carbonyl (C=O) groups excluding carboxylic acids is 1. The Balaban J connectivity index is 1.61. The molecule has 0 spiro atoms. The number of nitrogens with zero attached hydrogens (tertiary/aromatic N) is 2. The monoisotopic (exact) mass is 342 g/mol. The van der Waals surface area contributed by atoms with Crippen LogP contribution in [0, 0.1) is 13.8 Å². The second kappa shape index (κ2) is 6.84. The van der Waals surface area contributed by atoms with E-state index in [0.717, 1.165) is 27.6 Å². The van der Waals surface area contributed by atoms with Crippen LogP contribution in [0.4, 0.5) is 11.6 Å². The van der Waals surface area contributed by atoms with E-state index < -0.39 is 6.04 Å². The first-order chi connectivity index (χ1) is 11.5. The molecular formula is C17H18N4O2S. The van der Waals surface area contributed by atoms with Gasteiger partial charge in [-0.2, -0.15) is 0 Å². The van der Waals surface area contributed by atoms with E-state index in [1.54, 1.807) is 31.3 Å². The lowest BCUT2D eigenvalue weighted by atomic mass is 10.1. The minimum Gasteiger partial charge on any atom is -0.374 e. The molecule has 124 valence electrons. The summed E-state index contributed by atoms with van der Waals surface area (Å²) in [6.07, 6.45) is 0. The summed E-state index contributed by atoms with van der Waals surface area (Å²) in [5.74, 6) is 0.158. The van der Waals surface area contributed by atoms with Crippen LogP contribution in [0.15, 0.2) is 40.2 Å². The third-order valence-corrected chi connectivity index (χ3v) is 4.22. The quantitative estimate of drug-likeness (QED) is 0.736. The van der Waals surface area contributed by atoms with Gasteiger partial charge in [0.2, 0.25) is 11.8 Å². The fourth-order valence-electron chi connectivity index (χ4n) is 2.20. The molecule has 0 aliphatic heterocycles. The Morgan fingerprint density at radius 1 is 1.25 bits per heavy atom. The van der Waals surface area contributed by atoms with E-state index in [9.17, 15) is 4.79 Å². The van der Waals surface area contributed by atoms with Gasteiger partial charge in [-0.1, -0.05) is 17.3 Å². The summed E-state index contributed by atoms with van der Waals surface area (Å²) >= 11 is 1.63. The third kappa shape index (κ3) is 3.80. The van der Waals surface area contributed by atoms with Crippen molar-refractivity contribution in [2.24, 2.45) is 0 Å². The molecule has 0 radical (unpaired) electrons. The Morgan fingerprint density at radius 2 is 2.00 bits per heavy atom. The largest absolute Gasteiger partial charge is 0.374 e. The van der Waals surface area contributed by atoms with Gasteiger partial charge < -0.3 is 9.84 Å². The van der Waals surface area contributed by atoms with Gasteiger partial charge in [0.1, 0.15) is 6.04 Å². The van der Waals surface area contributed by atoms with Gasteiger partial charge in [0, 0.05) is 22.7 Å². The van der Waals surface area contributed by atoms with Gasteiger partial charge in [-0.15, -0.1) is 11.3 Å². The van der Waals surface area contributed by atoms with E-state index in [-0.39, 0.29) is 5.91 Å². The average molecular weight is 342 g/mol. The maximum absolute atomic E-state index is 12.1. The number of hydrogen-bond donors (Lipinski definition) is 2. The normalized spacial score (nSPS) is 12.0. The number of carbonyl (C=O) groups is 1. The Bertz CT molecular complexity index is 838. The second-order valence-corrected chi connectivity index (χ2v) is 6.58. The van der Waals surface area contributed by atoms with Crippen molar-refractivity contribution >= 4 is 28.8 Å². The first-order valence-corrected chi connectivity index (χ1v) is 8.42. The highest BCUT2D eigenvalue weighted by Crippen LogP contribution is 2.23. The highest BCUT2D eigenvalue weighted by molar-refractivity contribution is 7.09. The van der Waals surface area contributed by atoms with Crippen LogP contribution in [-0.4, -0.2) is 22.1 Å². The predicted octanol–water partition coefficient (Wildman–Crippen LogP) is 3.85. The van der Waals surface area contributed by atoms with Gasteiger partial charge in [-0.25, -0.2) is 4.98 Å². The van der Waals surface area contributed by atoms with Crippen LogP contribution in [0.1, 0.15) is 17.6 Å². The molecule has 1 atom stereocenters. The van der Waals surface area contributed by atoms with Crippen molar-refractivity contribution in [3.05, 3.63) is 46.4 Å². The third-order valence-electron chi connectivity index (χ3n) is 3.45. The molecule has 3 aromatic rings. The fraction of sp³-hybridized carbons (Fsp3) is 0.235. The average Bonchev–Trinajstić information content (AvgIpc) is 3.16. The molecule has 0 aliphatic rings. The van der Waals surface area contributed by atoms with Crippen molar-refractivity contribution in [3.63, 3.8) is 0 Å². The van der Waals surface area contributed by atoms with E-state index in [1.807, 2.05) is 36.6 Å². The number of aromatic nitrogens is 2. The number of nitrogens with one attached hydrogen (secondary N) is 2. The van der Waals surface area contributed by atoms with Crippen LogP contribution < -0.4 is 10.6 Å². The van der Waals surface area contributed by atoms with E-state index in [0.29, 0.717) is 5.88 Å². The summed E-state index contributed by atoms with van der Waals surface area (Å²) in [5, 5.41) is 12.7. The zero-order chi connectivity index (χ0) is 17.1. The number of amides is 1. The minimum absolute atomic E-state index is 0.189. The molecule has 2 aromatic heterocycles. The number of hydrogen-bond acceptors (Lipinski definition) is 6. The smallest absolute Gasteiger partial charge is 0.248 e. The highest BCUT2D eigenvalue weighted by Gasteiger charge is 2.15. The molecule has 2 N–H and O–H groups in total. The molecule has 3 rings (SSSR count). The highest BCUT2D eigenvalue weighted by atomic mass is 32.1. The molecule has 24 heavy (non-hydrogen) atoms. The summed E-state index contributed by atoms with van der Waals surface area (Å²) in [6, 6.07) is 9.11. The van der Waals surface area contributed by atoms with Crippen molar-refractivity contribution in [3.8, 4) is 11.3 Å². The molecule has 1 amide bonds. The number of rotatable bonds is 5. The summed E-state index contributed by atoms with van der Waals surface area (Å²) in [6.45, 7) is 5.57. The van der Waals surface area contributed by atoms with Crippen LogP contribution >= 0.6 is 11.3 Å². The van der Waals surface area contributed by atoms with E-state index in [2.05, 4.69) is 20.8 Å². The molecule has 0 saturated heterocycles. The van der Waals surface area contributed by atoms with Crippen molar-refractivity contribution in [2.75, 3.05) is 10.6 Å². The van der Waals surface area contributed by atoms with E-state index in [4.69, 9.17) is 4.52 Å². The second-order valence-electron chi connectivity index (χ2n) is 5.52. The standard InChI is InChI=1S/C17H18N4O2S/c1-10-8-16(23-21-10)20-17(22)11(2)18-14-6-4-13(5-7-14)15-9-24-12(3)19-15/h4-9,11,18H,1-3H3,(H,20,22)/t11-/m1/s1. The van der Waals surface area contributed by atoms with Crippen molar-refractivity contribution in [1.29, 1.82) is 0 Å². The minimum atomic E-state index is -0.414. The lowest BCUT2D eigenvalue weighted by molar-refractivity contribution is -0.116. The Hall–Kier alpha value is -2.67. The molecule has 7 heteroatoms. The summed E-state index contributed by atoms with van der Waals surface area (Å²) in [7, 11) is 0. The summed E-state index contributed by atoms with van der Waals surface area (Å²) < 4.78 is 4.99.